The van der Waals surface area contributed by atoms with Crippen LogP contribution in [0.4, 0.5) is 0 Å². The van der Waals surface area contributed by atoms with Crippen molar-refractivity contribution >= 4 is 41.6 Å². The fourth-order valence-corrected chi connectivity index (χ4v) is 6.18. The van der Waals surface area contributed by atoms with E-state index in [-0.39, 0.29) is 12.5 Å². The Bertz CT molecular complexity index is 1180. The molecule has 2 aromatic carbocycles. The van der Waals surface area contributed by atoms with Gasteiger partial charge in [0, 0.05) is 17.1 Å². The third kappa shape index (κ3) is 6.03. The zero-order valence-electron chi connectivity index (χ0n) is 18.8. The molecule has 1 amide bonds. The molecule has 0 unspecified atom stereocenters. The summed E-state index contributed by atoms with van der Waals surface area (Å²) < 4.78 is 16.6. The van der Waals surface area contributed by atoms with Crippen LogP contribution in [0.1, 0.15) is 31.8 Å². The van der Waals surface area contributed by atoms with Crippen LogP contribution in [0.5, 0.6) is 5.75 Å². The predicted octanol–water partition coefficient (Wildman–Crippen LogP) is 5.05. The molecule has 1 aromatic heterocycles. The fraction of sp³-hybridized carbons (Fsp3) is 0.240. The van der Waals surface area contributed by atoms with Gasteiger partial charge < -0.3 is 13.9 Å². The molecule has 3 aromatic rings. The quantitative estimate of drug-likeness (QED) is 0.265. The average molecular weight is 497 g/mol. The summed E-state index contributed by atoms with van der Waals surface area (Å²) in [6.07, 6.45) is 1.41. The van der Waals surface area contributed by atoms with Gasteiger partial charge >= 0.3 is 5.97 Å². The lowest BCUT2D eigenvalue weighted by molar-refractivity contribution is -0.123. The van der Waals surface area contributed by atoms with Crippen molar-refractivity contribution in [3.8, 4) is 17.1 Å². The second kappa shape index (κ2) is 11.3. The Kier molecular flexibility index (Phi) is 7.97. The first-order valence-corrected chi connectivity index (χ1v) is 12.7. The molecule has 0 saturated carbocycles. The highest BCUT2D eigenvalue weighted by atomic mass is 32.2. The summed E-state index contributed by atoms with van der Waals surface area (Å²) in [4.78, 5) is 23.9. The van der Waals surface area contributed by atoms with Crippen molar-refractivity contribution in [1.82, 2.24) is 5.43 Å². The van der Waals surface area contributed by atoms with E-state index in [1.807, 2.05) is 60.8 Å². The van der Waals surface area contributed by atoms with Crippen LogP contribution in [-0.2, 0) is 9.53 Å². The Hall–Kier alpha value is -3.17. The minimum atomic E-state index is -0.415. The number of thioether (sulfide) groups is 2. The number of hydrogen-bond donors (Lipinski definition) is 1. The molecule has 0 atom stereocenters. The number of benzene rings is 2. The lowest BCUT2D eigenvalue weighted by atomic mass is 10.0. The van der Waals surface area contributed by atoms with Crippen LogP contribution in [0.15, 0.2) is 64.1 Å². The Balaban J connectivity index is 1.29. The number of rotatable bonds is 8. The van der Waals surface area contributed by atoms with Gasteiger partial charge in [-0.3, -0.25) is 4.79 Å². The molecule has 1 N–H and O–H groups in total. The number of hydrogen-bond acceptors (Lipinski definition) is 8. The number of ether oxygens (including phenoxy) is 2. The molecule has 7 nitrogen and oxygen atoms in total. The molecule has 9 heteroatoms. The Morgan fingerprint density at radius 1 is 1.12 bits per heavy atom. The van der Waals surface area contributed by atoms with Crippen LogP contribution >= 0.6 is 23.5 Å². The third-order valence-electron chi connectivity index (χ3n) is 5.08. The topological polar surface area (TPSA) is 90.1 Å². The smallest absolute Gasteiger partial charge is 0.337 e. The summed E-state index contributed by atoms with van der Waals surface area (Å²) in [7, 11) is 1.34. The maximum Gasteiger partial charge on any atom is 0.337 e. The van der Waals surface area contributed by atoms with Crippen molar-refractivity contribution in [3.63, 3.8) is 0 Å². The number of hydrazone groups is 1. The van der Waals surface area contributed by atoms with Gasteiger partial charge in [-0.25, -0.2) is 10.2 Å². The first-order chi connectivity index (χ1) is 16.5. The van der Waals surface area contributed by atoms with Crippen molar-refractivity contribution in [3.05, 3.63) is 77.0 Å². The number of carbonyl (C=O) groups excluding carboxylic acids is 2. The van der Waals surface area contributed by atoms with Gasteiger partial charge in [-0.1, -0.05) is 18.2 Å². The van der Waals surface area contributed by atoms with Crippen molar-refractivity contribution in [2.24, 2.45) is 5.10 Å². The van der Waals surface area contributed by atoms with E-state index in [9.17, 15) is 9.59 Å². The third-order valence-corrected chi connectivity index (χ3v) is 8.18. The van der Waals surface area contributed by atoms with Crippen LogP contribution in [0.2, 0.25) is 0 Å². The van der Waals surface area contributed by atoms with Crippen LogP contribution in [0, 0.1) is 6.92 Å². The van der Waals surface area contributed by atoms with E-state index < -0.39 is 5.97 Å². The van der Waals surface area contributed by atoms with Crippen LogP contribution in [0.25, 0.3) is 11.3 Å². The molecule has 0 bridgehead atoms. The van der Waals surface area contributed by atoms with Crippen LogP contribution in [0.3, 0.4) is 0 Å². The summed E-state index contributed by atoms with van der Waals surface area (Å²) >= 11 is 3.89. The van der Waals surface area contributed by atoms with Gasteiger partial charge in [0.15, 0.2) is 6.61 Å². The normalized spacial score (nSPS) is 13.8. The SMILES string of the molecule is COC(=O)c1ccc(C)c(-c2ccc(/C=N\NC(=O)COc3ccc(C4SCCS4)cc3)o2)c1. The zero-order valence-corrected chi connectivity index (χ0v) is 20.4. The molecular weight excluding hydrogens is 472 g/mol. The molecule has 0 aliphatic carbocycles. The summed E-state index contributed by atoms with van der Waals surface area (Å²) in [5.41, 5.74) is 5.85. The molecule has 0 spiro atoms. The van der Waals surface area contributed by atoms with Crippen molar-refractivity contribution in [2.75, 3.05) is 25.2 Å². The Morgan fingerprint density at radius 2 is 1.88 bits per heavy atom. The summed E-state index contributed by atoms with van der Waals surface area (Å²) in [5, 5.41) is 3.93. The van der Waals surface area contributed by atoms with E-state index in [1.54, 1.807) is 24.3 Å². The summed E-state index contributed by atoms with van der Waals surface area (Å²) in [6, 6.07) is 16.6. The van der Waals surface area contributed by atoms with E-state index in [0.717, 1.165) is 11.1 Å². The number of furan rings is 1. The van der Waals surface area contributed by atoms with E-state index in [1.165, 1.54) is 30.4 Å². The first-order valence-electron chi connectivity index (χ1n) is 10.6. The zero-order chi connectivity index (χ0) is 23.9. The van der Waals surface area contributed by atoms with E-state index in [0.29, 0.717) is 27.4 Å². The molecule has 34 heavy (non-hydrogen) atoms. The molecule has 1 aliphatic heterocycles. The number of nitrogens with zero attached hydrogens (tertiary/aromatic N) is 1. The minimum absolute atomic E-state index is 0.146. The largest absolute Gasteiger partial charge is 0.484 e. The first kappa shape index (κ1) is 24.0. The number of methoxy groups -OCH3 is 1. The van der Waals surface area contributed by atoms with Gasteiger partial charge in [-0.2, -0.15) is 5.10 Å². The van der Waals surface area contributed by atoms with Gasteiger partial charge in [-0.05, 0) is 54.4 Å². The van der Waals surface area contributed by atoms with E-state index in [2.05, 4.69) is 10.5 Å². The average Bonchev–Trinajstić information content (AvgIpc) is 3.56. The van der Waals surface area contributed by atoms with Gasteiger partial charge in [0.25, 0.3) is 5.91 Å². The van der Waals surface area contributed by atoms with Gasteiger partial charge in [0.05, 0.1) is 23.5 Å². The highest BCUT2D eigenvalue weighted by Gasteiger charge is 2.18. The summed E-state index contributed by atoms with van der Waals surface area (Å²) in [5.74, 6) is 3.23. The lowest BCUT2D eigenvalue weighted by Gasteiger charge is -2.09. The highest BCUT2D eigenvalue weighted by molar-refractivity contribution is 8.19. The maximum absolute atomic E-state index is 12.1. The van der Waals surface area contributed by atoms with Crippen molar-refractivity contribution in [1.29, 1.82) is 0 Å². The summed E-state index contributed by atoms with van der Waals surface area (Å²) in [6.45, 7) is 1.78. The second-order valence-corrected chi connectivity index (χ2v) is 10.2. The molecule has 1 aliphatic rings. The number of aryl methyl sites for hydroxylation is 1. The van der Waals surface area contributed by atoms with Gasteiger partial charge in [0.2, 0.25) is 0 Å². The molecule has 4 rings (SSSR count). The predicted molar refractivity (Wildman–Crippen MR) is 136 cm³/mol. The molecule has 176 valence electrons. The minimum Gasteiger partial charge on any atom is -0.484 e. The lowest BCUT2D eigenvalue weighted by Crippen LogP contribution is -2.24. The molecule has 1 fully saturated rings. The van der Waals surface area contributed by atoms with Crippen LogP contribution in [-0.4, -0.2) is 43.3 Å². The Morgan fingerprint density at radius 3 is 2.62 bits per heavy atom. The highest BCUT2D eigenvalue weighted by Crippen LogP contribution is 2.45. The number of esters is 1. The van der Waals surface area contributed by atoms with Gasteiger partial charge in [-0.15, -0.1) is 23.5 Å². The standard InChI is InChI=1S/C25H24N2O5S2/c1-16-3-4-18(24(29)30-2)13-21(16)22-10-9-20(32-22)14-26-27-23(28)15-31-19-7-5-17(6-8-19)25-33-11-12-34-25/h3-10,13-14,25H,11-12,15H2,1-2H3,(H,27,28)/b26-14-. The number of amides is 1. The van der Waals surface area contributed by atoms with E-state index >= 15 is 0 Å². The number of nitrogens with one attached hydrogen (secondary N) is 1. The van der Waals surface area contributed by atoms with Gasteiger partial charge in [0.1, 0.15) is 17.3 Å². The van der Waals surface area contributed by atoms with Crippen molar-refractivity contribution in [2.45, 2.75) is 11.5 Å². The van der Waals surface area contributed by atoms with E-state index in [4.69, 9.17) is 13.9 Å². The molecular formula is C25H24N2O5S2. The molecule has 1 saturated heterocycles. The molecule has 0 radical (unpaired) electrons. The monoisotopic (exact) mass is 496 g/mol. The van der Waals surface area contributed by atoms with Crippen molar-refractivity contribution < 1.29 is 23.5 Å². The second-order valence-electron chi connectivity index (χ2n) is 7.45. The fourth-order valence-electron chi connectivity index (χ4n) is 3.32. The molecule has 2 heterocycles. The number of carbonyl (C=O) groups is 2. The van der Waals surface area contributed by atoms with Crippen LogP contribution < -0.4 is 10.2 Å². The Labute approximate surface area is 206 Å². The maximum atomic E-state index is 12.1.